The van der Waals surface area contributed by atoms with Crippen molar-refractivity contribution >= 4 is 22.7 Å². The van der Waals surface area contributed by atoms with Crippen LogP contribution in [0.3, 0.4) is 0 Å². The number of anilines is 4. The molecule has 240 valence electrons. The predicted molar refractivity (Wildman–Crippen MR) is 199 cm³/mol. The van der Waals surface area contributed by atoms with Crippen LogP contribution < -0.4 is 19.6 Å². The Hall–Kier alpha value is -4.18. The highest BCUT2D eigenvalue weighted by Crippen LogP contribution is 2.41. The van der Waals surface area contributed by atoms with Gasteiger partial charge >= 0.3 is 0 Å². The highest BCUT2D eigenvalue weighted by atomic mass is 15.5. The molecule has 46 heavy (non-hydrogen) atoms. The first-order chi connectivity index (χ1) is 22.1. The fraction of sp³-hybridized carbons (Fsp3) is 0.381. The van der Waals surface area contributed by atoms with Crippen molar-refractivity contribution in [2.75, 3.05) is 45.8 Å². The minimum absolute atomic E-state index is 0.505. The summed E-state index contributed by atoms with van der Waals surface area (Å²) in [6, 6.07) is 37.0. The lowest BCUT2D eigenvalue weighted by molar-refractivity contribution is 0.864. The molecule has 0 spiro atoms. The molecule has 0 aliphatic carbocycles. The van der Waals surface area contributed by atoms with Gasteiger partial charge in [0.25, 0.3) is 0 Å². The minimum Gasteiger partial charge on any atom is -0.323 e. The van der Waals surface area contributed by atoms with Crippen LogP contribution in [0, 0.1) is 0 Å². The van der Waals surface area contributed by atoms with Gasteiger partial charge < -0.3 is 19.6 Å². The molecule has 2 aliphatic rings. The zero-order valence-electron chi connectivity index (χ0n) is 29.2. The summed E-state index contributed by atoms with van der Waals surface area (Å²) in [5.41, 5.74) is 10.5. The summed E-state index contributed by atoms with van der Waals surface area (Å²) in [4.78, 5) is 10.2. The summed E-state index contributed by atoms with van der Waals surface area (Å²) in [6.45, 7) is 21.8. The normalized spacial score (nSPS) is 15.6. The summed E-state index contributed by atoms with van der Waals surface area (Å²) in [5, 5.41) is 0. The van der Waals surface area contributed by atoms with Crippen LogP contribution in [-0.2, 0) is 0 Å². The Morgan fingerprint density at radius 1 is 0.304 bits per heavy atom. The highest BCUT2D eigenvalue weighted by molar-refractivity contribution is 5.73. The average molecular weight is 613 g/mol. The Morgan fingerprint density at radius 3 is 0.630 bits per heavy atom. The van der Waals surface area contributed by atoms with Gasteiger partial charge in [0.1, 0.15) is 0 Å². The second kappa shape index (κ2) is 13.3. The summed E-state index contributed by atoms with van der Waals surface area (Å²) in [7, 11) is 0. The van der Waals surface area contributed by atoms with Gasteiger partial charge in [-0.3, -0.25) is 0 Å². The second-order valence-corrected chi connectivity index (χ2v) is 14.2. The van der Waals surface area contributed by atoms with Gasteiger partial charge in [-0.2, -0.15) is 0 Å². The fourth-order valence-corrected chi connectivity index (χ4v) is 6.76. The van der Waals surface area contributed by atoms with E-state index in [1.165, 1.54) is 56.6 Å². The first-order valence-corrected chi connectivity index (χ1v) is 17.4. The molecule has 2 fully saturated rings. The lowest BCUT2D eigenvalue weighted by Crippen LogP contribution is -2.34. The third-order valence-corrected chi connectivity index (χ3v) is 9.80. The van der Waals surface area contributed by atoms with E-state index in [0.717, 1.165) is 26.2 Å². The largest absolute Gasteiger partial charge is 0.323 e. The molecule has 4 aromatic carbocycles. The van der Waals surface area contributed by atoms with Crippen LogP contribution in [0.2, 0.25) is 0 Å². The zero-order chi connectivity index (χ0) is 32.5. The van der Waals surface area contributed by atoms with Crippen LogP contribution in [0.5, 0.6) is 0 Å². The lowest BCUT2D eigenvalue weighted by Gasteiger charge is -2.34. The molecule has 0 radical (unpaired) electrons. The molecule has 2 saturated heterocycles. The van der Waals surface area contributed by atoms with Crippen molar-refractivity contribution in [1.29, 1.82) is 0 Å². The van der Waals surface area contributed by atoms with Crippen molar-refractivity contribution in [2.24, 2.45) is 0 Å². The maximum Gasteiger partial charge on any atom is 0.156 e. The van der Waals surface area contributed by atoms with Gasteiger partial charge in [-0.15, -0.1) is 0 Å². The molecule has 4 nitrogen and oxygen atoms in total. The van der Waals surface area contributed by atoms with E-state index in [1.807, 2.05) is 0 Å². The minimum atomic E-state index is 0.505. The van der Waals surface area contributed by atoms with Crippen LogP contribution in [0.15, 0.2) is 109 Å². The van der Waals surface area contributed by atoms with Crippen LogP contribution in [0.25, 0.3) is 0 Å². The molecule has 6 rings (SSSR count). The number of benzene rings is 4. The van der Waals surface area contributed by atoms with Crippen molar-refractivity contribution in [2.45, 2.75) is 79.1 Å². The molecule has 2 aliphatic heterocycles. The second-order valence-electron chi connectivity index (χ2n) is 14.2. The first kappa shape index (κ1) is 31.8. The summed E-state index contributed by atoms with van der Waals surface area (Å²) in [5.74, 6) is 4.50. The Kier molecular flexibility index (Phi) is 9.18. The fourth-order valence-electron chi connectivity index (χ4n) is 6.76. The first-order valence-electron chi connectivity index (χ1n) is 17.4. The van der Waals surface area contributed by atoms with Gasteiger partial charge in [0.05, 0.1) is 0 Å². The number of hydrogen-bond acceptors (Lipinski definition) is 4. The monoisotopic (exact) mass is 612 g/mol. The van der Waals surface area contributed by atoms with Gasteiger partial charge in [-0.05, 0) is 94.5 Å². The molecule has 4 aromatic rings. The van der Waals surface area contributed by atoms with Gasteiger partial charge in [0, 0.05) is 48.9 Å². The smallest absolute Gasteiger partial charge is 0.156 e. The van der Waals surface area contributed by atoms with Gasteiger partial charge in [-0.25, -0.2) is 0 Å². The number of rotatable bonds is 8. The molecule has 4 heteroatoms. The summed E-state index contributed by atoms with van der Waals surface area (Å²) < 4.78 is 0. The van der Waals surface area contributed by atoms with Crippen LogP contribution in [0.1, 0.15) is 101 Å². The summed E-state index contributed by atoms with van der Waals surface area (Å²) in [6.07, 6.45) is 0. The molecular weight excluding hydrogens is 560 g/mol. The van der Waals surface area contributed by atoms with Crippen molar-refractivity contribution in [3.8, 4) is 0 Å². The van der Waals surface area contributed by atoms with Crippen molar-refractivity contribution in [3.05, 3.63) is 131 Å². The third kappa shape index (κ3) is 6.27. The van der Waals surface area contributed by atoms with Crippen molar-refractivity contribution in [3.63, 3.8) is 0 Å². The zero-order valence-corrected chi connectivity index (χ0v) is 29.2. The molecule has 2 heterocycles. The Bertz CT molecular complexity index is 1380. The van der Waals surface area contributed by atoms with Crippen LogP contribution in [0.4, 0.5) is 22.7 Å². The van der Waals surface area contributed by atoms with E-state index in [4.69, 9.17) is 0 Å². The van der Waals surface area contributed by atoms with Crippen molar-refractivity contribution < 1.29 is 0 Å². The Labute approximate surface area is 278 Å². The molecule has 0 aromatic heterocycles. The van der Waals surface area contributed by atoms with Crippen LogP contribution >= 0.6 is 0 Å². The average Bonchev–Trinajstić information content (AvgIpc) is 3.69. The maximum atomic E-state index is 2.55. The number of nitrogens with zero attached hydrogens (tertiary/aromatic N) is 4. The topological polar surface area (TPSA) is 13.0 Å². The van der Waals surface area contributed by atoms with E-state index in [1.54, 1.807) is 0 Å². The molecule has 0 N–H and O–H groups in total. The molecule has 0 bridgehead atoms. The molecule has 0 atom stereocenters. The maximum absolute atomic E-state index is 2.55. The van der Waals surface area contributed by atoms with E-state index < -0.39 is 0 Å². The predicted octanol–water partition coefficient (Wildman–Crippen LogP) is 10.7. The van der Waals surface area contributed by atoms with Gasteiger partial charge in [0.15, 0.2) is 11.6 Å². The van der Waals surface area contributed by atoms with Crippen LogP contribution in [-0.4, -0.2) is 26.2 Å². The van der Waals surface area contributed by atoms with E-state index >= 15 is 0 Å². The molecule has 0 unspecified atom stereocenters. The standard InChI is InChI=1S/C42H52N4/c1-29(2)33-9-17-37(18-10-33)43-25-26-44(38-19-11-34(12-20-38)30(3)4)41(43)42-45(39-21-13-35(14-22-39)31(5)6)27-28-46(42)40-23-15-36(16-24-40)32(7)8/h9-24,29-32H,25-28H2,1-8H3. The van der Waals surface area contributed by atoms with Crippen molar-refractivity contribution in [1.82, 2.24) is 0 Å². The SMILES string of the molecule is CC(C)c1ccc(N2CCN(c3ccc(C(C)C)cc3)C2=C2N(c3ccc(C(C)C)cc3)CCN2c2ccc(C(C)C)cc2)cc1. The Balaban J connectivity index is 1.54. The Morgan fingerprint density at radius 2 is 0.478 bits per heavy atom. The van der Waals surface area contributed by atoms with E-state index in [-0.39, 0.29) is 0 Å². The molecule has 0 amide bonds. The molecule has 0 saturated carbocycles. The van der Waals surface area contributed by atoms with Gasteiger partial charge in [0.2, 0.25) is 0 Å². The lowest BCUT2D eigenvalue weighted by atomic mass is 10.0. The molecular formula is C42H52N4. The third-order valence-electron chi connectivity index (χ3n) is 9.80. The van der Waals surface area contributed by atoms with E-state index in [9.17, 15) is 0 Å². The quantitative estimate of drug-likeness (QED) is 0.196. The van der Waals surface area contributed by atoms with E-state index in [0.29, 0.717) is 23.7 Å². The number of hydrogen-bond donors (Lipinski definition) is 0. The summed E-state index contributed by atoms with van der Waals surface area (Å²) >= 11 is 0. The highest BCUT2D eigenvalue weighted by Gasteiger charge is 2.38. The van der Waals surface area contributed by atoms with Gasteiger partial charge in [-0.1, -0.05) is 104 Å². The van der Waals surface area contributed by atoms with E-state index in [2.05, 4.69) is 172 Å².